The number of aliphatic carboxylic acids is 1. The second-order valence-corrected chi connectivity index (χ2v) is 31.9. The smallest absolute Gasteiger partial charge is 0.305 e. The number of guanidine groups is 1. The summed E-state index contributed by atoms with van der Waals surface area (Å²) in [6.45, 7) is 12.1. The van der Waals surface area contributed by atoms with E-state index in [4.69, 9.17) is 60.5 Å². The molecule has 1 aliphatic rings. The fraction of sp³-hybridized carbons (Fsp3) is 0.700. The zero-order valence-corrected chi connectivity index (χ0v) is 67.8. The fourth-order valence-corrected chi connectivity index (χ4v) is 12.2. The van der Waals surface area contributed by atoms with Crippen molar-refractivity contribution in [2.75, 3.05) is 175 Å². The van der Waals surface area contributed by atoms with Gasteiger partial charge in [0.1, 0.15) is 68.7 Å². The Labute approximate surface area is 671 Å². The van der Waals surface area contributed by atoms with Crippen LogP contribution in [-0.4, -0.2) is 320 Å². The molecule has 1 aliphatic heterocycles. The minimum Gasteiger partial charge on any atom is -0.481 e. The molecule has 21 N–H and O–H groups in total. The van der Waals surface area contributed by atoms with Crippen LogP contribution >= 0.6 is 35.3 Å². The predicted octanol–water partition coefficient (Wildman–Crippen LogP) is -5.50. The summed E-state index contributed by atoms with van der Waals surface area (Å²) in [6, 6.07) is -1.62. The van der Waals surface area contributed by atoms with E-state index in [0.29, 0.717) is 25.0 Å². The van der Waals surface area contributed by atoms with Gasteiger partial charge in [0.05, 0.1) is 98.0 Å². The van der Waals surface area contributed by atoms with Gasteiger partial charge in [-0.25, -0.2) is 0 Å². The molecule has 0 saturated carbocycles. The zero-order chi connectivity index (χ0) is 83.8. The van der Waals surface area contributed by atoms with Gasteiger partial charge in [-0.05, 0) is 44.2 Å². The van der Waals surface area contributed by atoms with E-state index in [1.54, 1.807) is 30.3 Å². The molecule has 1 aromatic rings. The first-order chi connectivity index (χ1) is 53.7. The molecule has 40 nitrogen and oxygen atoms in total. The molecule has 1 fully saturated rings. The van der Waals surface area contributed by atoms with Gasteiger partial charge in [0.25, 0.3) is 0 Å². The zero-order valence-electron chi connectivity index (χ0n) is 65.4. The highest BCUT2D eigenvalue weighted by Crippen LogP contribution is 2.25. The van der Waals surface area contributed by atoms with Crippen LogP contribution in [0.1, 0.15) is 85.6 Å². The molecule has 2 rings (SSSR count). The highest BCUT2D eigenvalue weighted by atomic mass is 32.2. The molecule has 0 unspecified atom stereocenters. The highest BCUT2D eigenvalue weighted by Gasteiger charge is 2.36. The number of carbonyl (C=O) groups is 14. The van der Waals surface area contributed by atoms with Gasteiger partial charge in [-0.3, -0.25) is 72.5 Å². The number of carbonyl (C=O) groups excluding carboxylic acids is 13. The molecule has 0 aromatic heterocycles. The van der Waals surface area contributed by atoms with Crippen LogP contribution in [-0.2, 0) is 111 Å². The lowest BCUT2D eigenvalue weighted by molar-refractivity contribution is -0.141. The number of thioether (sulfide) groups is 3. The summed E-state index contributed by atoms with van der Waals surface area (Å²) in [4.78, 5) is 187. The maximum Gasteiger partial charge on any atom is 0.305 e. The predicted molar refractivity (Wildman–Crippen MR) is 421 cm³/mol. The summed E-state index contributed by atoms with van der Waals surface area (Å²) in [5.41, 5.74) is 16.8. The molecular formula is C70H119N17O23S3. The van der Waals surface area contributed by atoms with E-state index < -0.39 is 148 Å². The number of benzene rings is 1. The van der Waals surface area contributed by atoms with Gasteiger partial charge in [-0.1, -0.05) is 71.9 Å². The van der Waals surface area contributed by atoms with E-state index in [0.717, 1.165) is 11.8 Å². The van der Waals surface area contributed by atoms with Gasteiger partial charge in [0, 0.05) is 65.9 Å². The molecule has 1 aromatic carbocycles. The maximum absolute atomic E-state index is 14.7. The molecule has 0 bridgehead atoms. The lowest BCUT2D eigenvalue weighted by atomic mass is 10.0. The number of rotatable bonds is 49. The summed E-state index contributed by atoms with van der Waals surface area (Å²) in [5.74, 6) is -12.5. The molecule has 640 valence electrons. The van der Waals surface area contributed by atoms with Crippen LogP contribution in [0.5, 0.6) is 0 Å². The van der Waals surface area contributed by atoms with Crippen molar-refractivity contribution in [1.29, 1.82) is 5.41 Å². The summed E-state index contributed by atoms with van der Waals surface area (Å²) in [6.07, 6.45) is -0.206. The number of amides is 13. The number of hydrogen-bond donors (Lipinski definition) is 18. The average molecular weight is 1660 g/mol. The number of ether oxygens (including phenoxy) is 8. The van der Waals surface area contributed by atoms with Crippen molar-refractivity contribution in [3.8, 4) is 0 Å². The molecule has 1 heterocycles. The number of hydrogen-bond acceptors (Lipinski definition) is 27. The number of primary amides is 1. The van der Waals surface area contributed by atoms with Crippen molar-refractivity contribution < 1.29 is 110 Å². The second kappa shape index (κ2) is 59.4. The topological polar surface area (TPSA) is 591 Å². The average Bonchev–Trinajstić information content (AvgIpc) is 1.00. The van der Waals surface area contributed by atoms with Gasteiger partial charge < -0.3 is 129 Å². The summed E-state index contributed by atoms with van der Waals surface area (Å²) in [7, 11) is 0. The van der Waals surface area contributed by atoms with Crippen LogP contribution in [0.3, 0.4) is 0 Å². The lowest BCUT2D eigenvalue weighted by Gasteiger charge is -2.28. The fourth-order valence-electron chi connectivity index (χ4n) is 9.50. The molecule has 113 heavy (non-hydrogen) atoms. The van der Waals surface area contributed by atoms with Crippen LogP contribution in [0, 0.1) is 5.41 Å². The van der Waals surface area contributed by atoms with Gasteiger partial charge in [0.15, 0.2) is 5.96 Å². The van der Waals surface area contributed by atoms with E-state index in [9.17, 15) is 72.2 Å². The van der Waals surface area contributed by atoms with E-state index in [-0.39, 0.29) is 193 Å². The Hall–Kier alpha value is -8.24. The van der Waals surface area contributed by atoms with E-state index in [1.165, 1.54) is 23.5 Å². The first kappa shape index (κ1) is 101. The summed E-state index contributed by atoms with van der Waals surface area (Å²) < 4.78 is 42.0. The molecule has 7 atom stereocenters. The first-order valence-corrected chi connectivity index (χ1v) is 40.1. The number of nitrogens with two attached hydrogens (primary N) is 3. The number of carboxylic acid groups (broad SMARTS) is 1. The number of nitrogens with one attached hydrogen (secondary N) is 14. The Balaban J connectivity index is 2.18. The van der Waals surface area contributed by atoms with Crippen LogP contribution in [0.25, 0.3) is 0 Å². The van der Waals surface area contributed by atoms with Crippen LogP contribution < -0.4 is 86.3 Å². The van der Waals surface area contributed by atoms with Crippen LogP contribution in [0.2, 0.25) is 0 Å². The van der Waals surface area contributed by atoms with E-state index in [2.05, 4.69) is 69.1 Å². The van der Waals surface area contributed by atoms with E-state index >= 15 is 0 Å². The molecule has 13 amide bonds. The third-order valence-corrected chi connectivity index (χ3v) is 18.8. The molecule has 0 radical (unpaired) electrons. The van der Waals surface area contributed by atoms with Crippen molar-refractivity contribution in [3.63, 3.8) is 0 Å². The number of carboxylic acids is 1. The van der Waals surface area contributed by atoms with Crippen molar-refractivity contribution in [3.05, 3.63) is 35.9 Å². The Morgan fingerprint density at radius 2 is 0.903 bits per heavy atom. The Kier molecular flexibility index (Phi) is 53.0. The van der Waals surface area contributed by atoms with Crippen molar-refractivity contribution in [1.82, 2.24) is 69.1 Å². The summed E-state index contributed by atoms with van der Waals surface area (Å²) >= 11 is 3.47. The normalized spacial score (nSPS) is 18.9. The van der Waals surface area contributed by atoms with Crippen molar-refractivity contribution in [2.24, 2.45) is 17.2 Å². The Morgan fingerprint density at radius 3 is 1.37 bits per heavy atom. The Bertz CT molecular complexity index is 3110. The maximum atomic E-state index is 14.7. The molecule has 43 heteroatoms. The molecule has 0 aliphatic carbocycles. The third-order valence-electron chi connectivity index (χ3n) is 15.1. The second-order valence-electron chi connectivity index (χ2n) is 27.1. The number of unbranched alkanes of at least 4 members (excludes halogenated alkanes) is 1. The third kappa shape index (κ3) is 52.7. The van der Waals surface area contributed by atoms with Crippen LogP contribution in [0.4, 0.5) is 0 Å². The summed E-state index contributed by atoms with van der Waals surface area (Å²) in [5, 5.41) is 51.5. The molecular weight excluding hydrogens is 1540 g/mol. The van der Waals surface area contributed by atoms with Crippen molar-refractivity contribution in [2.45, 2.75) is 138 Å². The minimum atomic E-state index is -1.84. The first-order valence-electron chi connectivity index (χ1n) is 37.0. The van der Waals surface area contributed by atoms with Gasteiger partial charge in [-0.2, -0.15) is 23.5 Å². The Morgan fingerprint density at radius 1 is 0.487 bits per heavy atom. The quantitative estimate of drug-likeness (QED) is 0.0164. The van der Waals surface area contributed by atoms with Gasteiger partial charge in [0.2, 0.25) is 76.8 Å². The monoisotopic (exact) mass is 1660 g/mol. The van der Waals surface area contributed by atoms with Crippen LogP contribution in [0.15, 0.2) is 30.3 Å². The molecule has 0 spiro atoms. The SMILES string of the molecule is CC(C)(C)SC[C@@H]1NC(=O)[C@H](CCCCN)NC(=O)CSC[C@@H](C(=O)NCCOCCOCCOCCNC(=O)COCC(=O)NCCOCCOCCOCCNC(=O)COCC(N)=O)NC(=O)[C@H](Cc2ccccc2)NC(=O)[C@H](CSC(C)(C)C)NC(=O)[C@H](CC(=O)O)NC(=O)CNC(=O)[C@H](CCCNC(=N)N)NC1=O. The van der Waals surface area contributed by atoms with E-state index in [1.807, 2.05) is 41.5 Å². The molecule has 1 saturated heterocycles. The van der Waals surface area contributed by atoms with Gasteiger partial charge >= 0.3 is 5.97 Å². The minimum absolute atomic E-state index is 0.0264. The van der Waals surface area contributed by atoms with Crippen molar-refractivity contribution >= 4 is 124 Å². The standard InChI is InChI=1S/C70H119N17O23S3/c1-69(2,3)112-43-52-66(101)83-47(16-12-18-79-68(73)74)61(96)80-37-55(89)82-50(36-60(94)95)65(100)87-53(44-113-70(4,5)6)67(102)84-49(35-46-13-8-7-9-14-46)64(99)85-51(42-111-45-59(93)81-48(63(98)86-52)15-10-11-17-71)62(97)78-22-26-106-30-34-108-33-29-105-25-21-77-58(92)41-110-40-57(91)76-20-24-104-28-32-107-31-27-103-23-19-75-56(90)39-109-38-54(72)88/h7-9,13-14,47-53H,10-12,15-45,71H2,1-6H3,(H2,72,88)(H,75,90)(H,76,91)(H,77,92)(H,78,97)(H,80,96)(H,81,93)(H,82,89)(H,83,101)(H,84,102)(H,85,99)(H,86,98)(H,87,100)(H,94,95)(H4,73,74,79)/t47-,48-,49-,50-,51-,52-,53-/m0/s1. The highest BCUT2D eigenvalue weighted by molar-refractivity contribution is 8.01. The largest absolute Gasteiger partial charge is 0.481 e. The van der Waals surface area contributed by atoms with Gasteiger partial charge in [-0.15, -0.1) is 11.8 Å². The lowest BCUT2D eigenvalue weighted by Crippen LogP contribution is -2.60.